The van der Waals surface area contributed by atoms with Crippen LogP contribution in [0.1, 0.15) is 11.1 Å². The number of hydrogen-bond acceptors (Lipinski definition) is 3. The van der Waals surface area contributed by atoms with Gasteiger partial charge in [0, 0.05) is 39.3 Å². The highest BCUT2D eigenvalue weighted by Crippen LogP contribution is 2.06. The van der Waals surface area contributed by atoms with Crippen molar-refractivity contribution < 1.29 is 14.0 Å². The van der Waals surface area contributed by atoms with Gasteiger partial charge in [-0.3, -0.25) is 14.5 Å². The summed E-state index contributed by atoms with van der Waals surface area (Å²) in [7, 11) is 0. The molecule has 0 radical (unpaired) electrons. The van der Waals surface area contributed by atoms with Crippen LogP contribution >= 0.6 is 0 Å². The van der Waals surface area contributed by atoms with Gasteiger partial charge in [0.2, 0.25) is 0 Å². The van der Waals surface area contributed by atoms with Gasteiger partial charge >= 0.3 is 11.8 Å². The number of halogens is 1. The zero-order valence-electron chi connectivity index (χ0n) is 16.4. The van der Waals surface area contributed by atoms with E-state index in [2.05, 4.69) is 34.5 Å². The first-order valence-electron chi connectivity index (χ1n) is 9.87. The van der Waals surface area contributed by atoms with Gasteiger partial charge in [0.25, 0.3) is 0 Å². The Labute approximate surface area is 170 Å². The molecule has 0 aromatic heterocycles. The van der Waals surface area contributed by atoms with E-state index >= 15 is 0 Å². The Morgan fingerprint density at radius 1 is 0.966 bits per heavy atom. The van der Waals surface area contributed by atoms with Gasteiger partial charge in [0.15, 0.2) is 0 Å². The average Bonchev–Trinajstić information content (AvgIpc) is 2.76. The highest BCUT2D eigenvalue weighted by atomic mass is 19.1. The van der Waals surface area contributed by atoms with E-state index in [1.807, 2.05) is 18.2 Å². The molecule has 6 heteroatoms. The molecule has 152 valence electrons. The van der Waals surface area contributed by atoms with Crippen molar-refractivity contribution in [1.82, 2.24) is 15.1 Å². The summed E-state index contributed by atoms with van der Waals surface area (Å²) in [5.41, 5.74) is 2.08. The first kappa shape index (κ1) is 20.7. The average molecular weight is 395 g/mol. The Kier molecular flexibility index (Phi) is 7.53. The first-order valence-corrected chi connectivity index (χ1v) is 9.87. The van der Waals surface area contributed by atoms with Crippen molar-refractivity contribution in [2.45, 2.75) is 6.42 Å². The smallest absolute Gasteiger partial charge is 0.311 e. The topological polar surface area (TPSA) is 52.7 Å². The summed E-state index contributed by atoms with van der Waals surface area (Å²) in [6.45, 7) is 3.75. The minimum Gasteiger partial charge on any atom is -0.347 e. The molecule has 2 amide bonds. The monoisotopic (exact) mass is 395 g/mol. The second kappa shape index (κ2) is 10.5. The van der Waals surface area contributed by atoms with Crippen LogP contribution in [0.3, 0.4) is 0 Å². The highest BCUT2D eigenvalue weighted by Gasteiger charge is 2.25. The van der Waals surface area contributed by atoms with E-state index in [4.69, 9.17) is 0 Å². The number of benzene rings is 2. The molecular weight excluding hydrogens is 369 g/mol. The van der Waals surface area contributed by atoms with Crippen LogP contribution in [-0.2, 0) is 16.0 Å². The molecule has 3 rings (SSSR count). The Hall–Kier alpha value is -2.99. The van der Waals surface area contributed by atoms with E-state index in [9.17, 15) is 14.0 Å². The molecule has 1 N–H and O–H groups in total. The summed E-state index contributed by atoms with van der Waals surface area (Å²) < 4.78 is 12.9. The maximum Gasteiger partial charge on any atom is 0.311 e. The van der Waals surface area contributed by atoms with Gasteiger partial charge in [0.05, 0.1) is 0 Å². The van der Waals surface area contributed by atoms with Crippen LogP contribution in [0.2, 0.25) is 0 Å². The molecule has 0 bridgehead atoms. The number of carbonyl (C=O) groups is 2. The number of piperazine rings is 1. The summed E-state index contributed by atoms with van der Waals surface area (Å²) >= 11 is 0. The maximum absolute atomic E-state index is 12.9. The fourth-order valence-electron chi connectivity index (χ4n) is 3.23. The van der Waals surface area contributed by atoms with Crippen LogP contribution < -0.4 is 5.32 Å². The standard InChI is InChI=1S/C23H26FN3O2/c24-21-10-8-20(9-11-21)12-13-25-22(28)23(29)27-17-15-26(16-18-27)14-4-7-19-5-2-1-3-6-19/h1-11H,12-18H2,(H,25,28)/b7-4+. The minimum absolute atomic E-state index is 0.289. The Morgan fingerprint density at radius 3 is 2.34 bits per heavy atom. The molecule has 0 unspecified atom stereocenters. The molecule has 29 heavy (non-hydrogen) atoms. The van der Waals surface area contributed by atoms with E-state index in [1.54, 1.807) is 17.0 Å². The number of rotatable bonds is 6. The van der Waals surface area contributed by atoms with Crippen molar-refractivity contribution in [2.24, 2.45) is 0 Å². The SMILES string of the molecule is O=C(NCCc1ccc(F)cc1)C(=O)N1CCN(C/C=C/c2ccccc2)CC1. The van der Waals surface area contributed by atoms with E-state index in [0.717, 1.165) is 25.2 Å². The molecule has 0 aliphatic carbocycles. The quantitative estimate of drug-likeness (QED) is 0.764. The Morgan fingerprint density at radius 2 is 1.66 bits per heavy atom. The summed E-state index contributed by atoms with van der Waals surface area (Å²) in [5.74, 6) is -1.35. The number of nitrogens with one attached hydrogen (secondary N) is 1. The van der Waals surface area contributed by atoms with Gasteiger partial charge in [0.1, 0.15) is 5.82 Å². The molecule has 1 aliphatic rings. The predicted octanol–water partition coefficient (Wildman–Crippen LogP) is 2.34. The van der Waals surface area contributed by atoms with Crippen LogP contribution in [0, 0.1) is 5.82 Å². The highest BCUT2D eigenvalue weighted by molar-refractivity contribution is 6.35. The third-order valence-electron chi connectivity index (χ3n) is 4.94. The van der Waals surface area contributed by atoms with Gasteiger partial charge in [-0.2, -0.15) is 0 Å². The molecule has 0 saturated carbocycles. The van der Waals surface area contributed by atoms with Gasteiger partial charge in [-0.25, -0.2) is 4.39 Å². The molecule has 1 heterocycles. The lowest BCUT2D eigenvalue weighted by atomic mass is 10.1. The van der Waals surface area contributed by atoms with E-state index in [-0.39, 0.29) is 5.82 Å². The van der Waals surface area contributed by atoms with E-state index < -0.39 is 11.8 Å². The van der Waals surface area contributed by atoms with Crippen LogP contribution in [0.4, 0.5) is 4.39 Å². The summed E-state index contributed by atoms with van der Waals surface area (Å²) in [4.78, 5) is 28.3. The van der Waals surface area contributed by atoms with Gasteiger partial charge in [-0.1, -0.05) is 54.6 Å². The van der Waals surface area contributed by atoms with Crippen molar-refractivity contribution in [3.05, 3.63) is 77.6 Å². The van der Waals surface area contributed by atoms with Crippen molar-refractivity contribution in [2.75, 3.05) is 39.3 Å². The minimum atomic E-state index is -0.579. The zero-order valence-corrected chi connectivity index (χ0v) is 16.4. The lowest BCUT2D eigenvalue weighted by molar-refractivity contribution is -0.146. The number of nitrogens with zero attached hydrogens (tertiary/aromatic N) is 2. The Balaban J connectivity index is 1.36. The second-order valence-electron chi connectivity index (χ2n) is 7.04. The van der Waals surface area contributed by atoms with Crippen LogP contribution in [-0.4, -0.2) is 60.9 Å². The van der Waals surface area contributed by atoms with E-state index in [0.29, 0.717) is 26.1 Å². The molecule has 1 aliphatic heterocycles. The number of carbonyl (C=O) groups excluding carboxylic acids is 2. The number of amides is 2. The molecule has 5 nitrogen and oxygen atoms in total. The molecule has 1 saturated heterocycles. The zero-order chi connectivity index (χ0) is 20.5. The lowest BCUT2D eigenvalue weighted by Crippen LogP contribution is -2.52. The fraction of sp³-hybridized carbons (Fsp3) is 0.304. The van der Waals surface area contributed by atoms with E-state index in [1.165, 1.54) is 17.7 Å². The van der Waals surface area contributed by atoms with Crippen molar-refractivity contribution in [3.63, 3.8) is 0 Å². The molecule has 2 aromatic rings. The third kappa shape index (κ3) is 6.54. The normalized spacial score (nSPS) is 14.9. The fourth-order valence-corrected chi connectivity index (χ4v) is 3.23. The van der Waals surface area contributed by atoms with Gasteiger partial charge in [-0.05, 0) is 29.7 Å². The largest absolute Gasteiger partial charge is 0.347 e. The summed E-state index contributed by atoms with van der Waals surface area (Å²) in [5, 5.41) is 2.66. The van der Waals surface area contributed by atoms with Crippen molar-refractivity contribution in [1.29, 1.82) is 0 Å². The van der Waals surface area contributed by atoms with Gasteiger partial charge in [-0.15, -0.1) is 0 Å². The van der Waals surface area contributed by atoms with Crippen LogP contribution in [0.25, 0.3) is 6.08 Å². The van der Waals surface area contributed by atoms with Crippen LogP contribution in [0.5, 0.6) is 0 Å². The first-order chi connectivity index (χ1) is 14.1. The Bertz CT molecular complexity index is 829. The molecule has 2 aromatic carbocycles. The lowest BCUT2D eigenvalue weighted by Gasteiger charge is -2.33. The van der Waals surface area contributed by atoms with Crippen molar-refractivity contribution >= 4 is 17.9 Å². The summed E-state index contributed by atoms with van der Waals surface area (Å²) in [6.07, 6.45) is 4.77. The van der Waals surface area contributed by atoms with Crippen molar-refractivity contribution in [3.8, 4) is 0 Å². The maximum atomic E-state index is 12.9. The predicted molar refractivity (Wildman–Crippen MR) is 112 cm³/mol. The number of hydrogen-bond donors (Lipinski definition) is 1. The van der Waals surface area contributed by atoms with Gasteiger partial charge < -0.3 is 10.2 Å². The second-order valence-corrected chi connectivity index (χ2v) is 7.04. The molecular formula is C23H26FN3O2. The molecule has 0 spiro atoms. The molecule has 1 fully saturated rings. The third-order valence-corrected chi connectivity index (χ3v) is 4.94. The van der Waals surface area contributed by atoms with Crippen LogP contribution in [0.15, 0.2) is 60.7 Å². The summed E-state index contributed by atoms with van der Waals surface area (Å²) in [6, 6.07) is 16.2. The molecule has 0 atom stereocenters.